The lowest BCUT2D eigenvalue weighted by Gasteiger charge is -2.21. The maximum Gasteiger partial charge on any atom is 0.339 e. The number of aromatic amines is 2. The first kappa shape index (κ1) is 36.3. The largest absolute Gasteiger partial charge is 0.339 e. The minimum Gasteiger partial charge on any atom is -0.310 e. The highest BCUT2D eigenvalue weighted by molar-refractivity contribution is 8.24. The monoisotopic (exact) mass is 718 g/mol. The molecule has 9 nitrogen and oxygen atoms in total. The van der Waals surface area contributed by atoms with Gasteiger partial charge < -0.3 is 4.98 Å². The second kappa shape index (κ2) is 15.9. The minimum absolute atomic E-state index is 0. The number of rotatable bonds is 4. The van der Waals surface area contributed by atoms with Crippen LogP contribution in [0.15, 0.2) is 70.3 Å². The molecular formula is C29H32Cl5N6O3P. The van der Waals surface area contributed by atoms with Crippen LogP contribution in [-0.4, -0.2) is 29.7 Å². The summed E-state index contributed by atoms with van der Waals surface area (Å²) in [5.74, 6) is 0. The third-order valence-electron chi connectivity index (χ3n) is 7.11. The smallest absolute Gasteiger partial charge is 0.310 e. The number of fused-ring (bicyclic) bond motifs is 2. The summed E-state index contributed by atoms with van der Waals surface area (Å²) in [7, 11) is 0. The summed E-state index contributed by atoms with van der Waals surface area (Å²) >= 11 is 25.9. The molecule has 0 amide bonds. The zero-order valence-corrected chi connectivity index (χ0v) is 27.8. The number of aromatic nitrogens is 4. The Kier molecular flexibility index (Phi) is 13.1. The van der Waals surface area contributed by atoms with Gasteiger partial charge in [0.05, 0.1) is 11.3 Å². The van der Waals surface area contributed by atoms with E-state index in [2.05, 4.69) is 94.6 Å². The quantitative estimate of drug-likeness (QED) is 0.124. The Morgan fingerprint density at radius 2 is 1.27 bits per heavy atom. The molecule has 2 aliphatic heterocycles. The molecule has 4 aromatic rings. The molecule has 0 spiro atoms. The van der Waals surface area contributed by atoms with E-state index < -0.39 is 10.9 Å². The van der Waals surface area contributed by atoms with Gasteiger partial charge in [0.1, 0.15) is 5.15 Å². The lowest BCUT2D eigenvalue weighted by atomic mass is 10.1. The van der Waals surface area contributed by atoms with Crippen LogP contribution in [0.2, 0.25) is 10.4 Å². The number of nitrogens with one attached hydrogen (secondary N) is 2. The number of hydrogen-bond donors (Lipinski definition) is 2. The van der Waals surface area contributed by atoms with Crippen molar-refractivity contribution in [3.8, 4) is 0 Å². The second-order valence-electron chi connectivity index (χ2n) is 9.98. The van der Waals surface area contributed by atoms with Gasteiger partial charge in [0.2, 0.25) is 5.28 Å². The fraction of sp³-hybridized carbons (Fsp3) is 0.310. The number of benzene rings is 2. The maximum atomic E-state index is 11.8. The maximum absolute atomic E-state index is 11.8. The van der Waals surface area contributed by atoms with Gasteiger partial charge in [-0.05, 0) is 70.3 Å². The van der Waals surface area contributed by atoms with Crippen LogP contribution in [0.1, 0.15) is 67.0 Å². The van der Waals surface area contributed by atoms with Gasteiger partial charge in [0.25, 0.3) is 5.56 Å². The number of nitrogens with zero attached hydrogens (tertiary/aromatic N) is 4. The van der Waals surface area contributed by atoms with Gasteiger partial charge in [-0.2, -0.15) is 0 Å². The number of H-pyrrole nitrogens is 2. The molecule has 15 heteroatoms. The van der Waals surface area contributed by atoms with Crippen molar-refractivity contribution < 1.29 is 4.57 Å². The van der Waals surface area contributed by atoms with Gasteiger partial charge in [0.15, 0.2) is 0 Å². The summed E-state index contributed by atoms with van der Waals surface area (Å²) in [6.07, 6.45) is 0. The van der Waals surface area contributed by atoms with Gasteiger partial charge in [-0.3, -0.25) is 24.1 Å². The topological polar surface area (TPSA) is 115 Å². The van der Waals surface area contributed by atoms with E-state index in [1.165, 1.54) is 11.1 Å². The average molecular weight is 721 g/mol. The van der Waals surface area contributed by atoms with E-state index in [9.17, 15) is 14.2 Å². The van der Waals surface area contributed by atoms with Crippen LogP contribution in [0.5, 0.6) is 0 Å². The van der Waals surface area contributed by atoms with E-state index in [-0.39, 0.29) is 30.4 Å². The SMILES string of the molecule is C.CC1c2c(Cl)nc(Cl)nc2CN1Cc1ccccc1.CC1c2c([nH]c(=O)[nH]c2=O)CN1Cc1ccccc1.O=P(Cl)(Cl)Cl. The molecule has 2 N–H and O–H groups in total. The molecular weight excluding hydrogens is 689 g/mol. The van der Waals surface area contributed by atoms with E-state index >= 15 is 0 Å². The molecule has 0 saturated heterocycles. The van der Waals surface area contributed by atoms with Crippen LogP contribution in [0.25, 0.3) is 0 Å². The molecule has 2 aliphatic rings. The first-order chi connectivity index (χ1) is 20.3. The Hall–Kier alpha value is -2.20. The van der Waals surface area contributed by atoms with Gasteiger partial charge >= 0.3 is 10.9 Å². The fourth-order valence-electron chi connectivity index (χ4n) is 5.16. The van der Waals surface area contributed by atoms with Gasteiger partial charge in [-0.1, -0.05) is 79.7 Å². The van der Waals surface area contributed by atoms with Crippen LogP contribution < -0.4 is 11.2 Å². The Labute approximate surface area is 280 Å². The molecule has 2 atom stereocenters. The summed E-state index contributed by atoms with van der Waals surface area (Å²) in [6.45, 7) is 7.10. The fourth-order valence-corrected chi connectivity index (χ4v) is 5.73. The van der Waals surface area contributed by atoms with Crippen LogP contribution in [0.3, 0.4) is 0 Å². The lowest BCUT2D eigenvalue weighted by molar-refractivity contribution is 0.218. The van der Waals surface area contributed by atoms with Crippen molar-refractivity contribution in [1.82, 2.24) is 29.7 Å². The Bertz CT molecular complexity index is 1710. The van der Waals surface area contributed by atoms with Crippen LogP contribution >= 0.6 is 62.1 Å². The summed E-state index contributed by atoms with van der Waals surface area (Å²) in [5, 5.41) is -2.53. The molecule has 0 saturated carbocycles. The average Bonchev–Trinajstić information content (AvgIpc) is 3.40. The first-order valence-electron chi connectivity index (χ1n) is 13.1. The van der Waals surface area contributed by atoms with Crippen LogP contribution in [0.4, 0.5) is 0 Å². The Morgan fingerprint density at radius 1 is 0.795 bits per heavy atom. The van der Waals surface area contributed by atoms with E-state index in [4.69, 9.17) is 23.2 Å². The zero-order valence-electron chi connectivity index (χ0n) is 23.1. The third-order valence-corrected chi connectivity index (χ3v) is 7.57. The van der Waals surface area contributed by atoms with Crippen LogP contribution in [0, 0.1) is 0 Å². The van der Waals surface area contributed by atoms with E-state index in [0.717, 1.165) is 36.6 Å². The molecule has 2 aromatic heterocycles. The number of halogens is 5. The molecule has 0 radical (unpaired) electrons. The molecule has 44 heavy (non-hydrogen) atoms. The summed E-state index contributed by atoms with van der Waals surface area (Å²) in [5.41, 5.74) is 5.11. The van der Waals surface area contributed by atoms with Gasteiger partial charge in [0, 0.05) is 49.5 Å². The van der Waals surface area contributed by atoms with Crippen molar-refractivity contribution in [2.75, 3.05) is 0 Å². The molecule has 2 aromatic carbocycles. The van der Waals surface area contributed by atoms with Crippen molar-refractivity contribution in [3.63, 3.8) is 0 Å². The molecule has 0 fully saturated rings. The van der Waals surface area contributed by atoms with Crippen molar-refractivity contribution in [3.05, 3.63) is 126 Å². The molecule has 6 rings (SSSR count). The Morgan fingerprint density at radius 3 is 1.80 bits per heavy atom. The summed E-state index contributed by atoms with van der Waals surface area (Å²) in [4.78, 5) is 40.9. The van der Waals surface area contributed by atoms with Crippen molar-refractivity contribution in [1.29, 1.82) is 0 Å². The standard InChI is InChI=1S/C14H13Cl2N3.C14H15N3O2.CH4.Cl3OP/c1-9-12-11(17-14(16)18-13(12)15)8-19(9)7-10-5-3-2-4-6-10;1-9-12-11(15-14(19)16-13(12)18)8-17(9)7-10-5-3-2-4-6-10;;1-5(2,3)4/h2-6,9H,7-8H2,1H3;2-6,9H,7-8H2,1H3,(H2,15,16,18,19);1H4;. The highest BCUT2D eigenvalue weighted by Gasteiger charge is 2.32. The van der Waals surface area contributed by atoms with Crippen molar-refractivity contribution in [2.45, 2.75) is 59.5 Å². The summed E-state index contributed by atoms with van der Waals surface area (Å²) in [6, 6.07) is 20.7. The van der Waals surface area contributed by atoms with Crippen molar-refractivity contribution >= 4 is 62.1 Å². The Balaban J connectivity index is 0.000000205. The van der Waals surface area contributed by atoms with Gasteiger partial charge in [-0.25, -0.2) is 14.8 Å². The minimum atomic E-state index is -3.22. The zero-order chi connectivity index (χ0) is 31.3. The normalized spacial score (nSPS) is 17.3. The molecule has 4 heterocycles. The lowest BCUT2D eigenvalue weighted by Crippen LogP contribution is -2.27. The van der Waals surface area contributed by atoms with Gasteiger partial charge in [-0.15, -0.1) is 0 Å². The molecule has 2 unspecified atom stereocenters. The first-order valence-corrected chi connectivity index (χ1v) is 18.3. The van der Waals surface area contributed by atoms with Crippen LogP contribution in [-0.2, 0) is 30.7 Å². The molecule has 0 bridgehead atoms. The molecule has 236 valence electrons. The third kappa shape index (κ3) is 9.90. The number of hydrogen-bond acceptors (Lipinski definition) is 7. The predicted octanol–water partition coefficient (Wildman–Crippen LogP) is 8.45. The van der Waals surface area contributed by atoms with E-state index in [1.54, 1.807) is 0 Å². The van der Waals surface area contributed by atoms with Crippen molar-refractivity contribution in [2.24, 2.45) is 0 Å². The highest BCUT2D eigenvalue weighted by atomic mass is 36.0. The summed E-state index contributed by atoms with van der Waals surface area (Å²) < 4.78 is 9.51. The van der Waals surface area contributed by atoms with E-state index in [0.29, 0.717) is 17.3 Å². The second-order valence-corrected chi connectivity index (χ2v) is 17.3. The van der Waals surface area contributed by atoms with E-state index in [1.807, 2.05) is 43.3 Å². The highest BCUT2D eigenvalue weighted by Crippen LogP contribution is 2.61. The predicted molar refractivity (Wildman–Crippen MR) is 180 cm³/mol. The molecule has 0 aliphatic carbocycles.